The topological polar surface area (TPSA) is 52.3 Å². The van der Waals surface area contributed by atoms with Gasteiger partial charge in [0.15, 0.2) is 0 Å². The summed E-state index contributed by atoms with van der Waals surface area (Å²) in [4.78, 5) is 11.0. The molecular weight excluding hydrogens is 202 g/mol. The first-order valence-electron chi connectivity index (χ1n) is 5.24. The molecule has 0 aliphatic rings. The summed E-state index contributed by atoms with van der Waals surface area (Å²) in [5.74, 6) is 4.67. The highest BCUT2D eigenvalue weighted by molar-refractivity contribution is 5.89. The molecular formula is C13H15NO2. The van der Waals surface area contributed by atoms with Gasteiger partial charge in [-0.2, -0.15) is 0 Å². The van der Waals surface area contributed by atoms with E-state index in [4.69, 9.17) is 10.5 Å². The maximum atomic E-state index is 11.0. The second-order valence-corrected chi connectivity index (χ2v) is 3.24. The lowest BCUT2D eigenvalue weighted by atomic mass is 10.1. The third kappa shape index (κ3) is 3.32. The standard InChI is InChI=1S/C13H15NO2/c1-3-11-9-10(5-7-12(11)14)6-8-13(15)16-4-2/h5,7,9H,3-4,14H2,1-2H3. The van der Waals surface area contributed by atoms with Crippen LogP contribution in [0.25, 0.3) is 0 Å². The Morgan fingerprint density at radius 3 is 2.81 bits per heavy atom. The molecule has 3 nitrogen and oxygen atoms in total. The molecule has 1 aromatic rings. The predicted molar refractivity (Wildman–Crippen MR) is 63.7 cm³/mol. The van der Waals surface area contributed by atoms with Crippen LogP contribution in [0.4, 0.5) is 5.69 Å². The van der Waals surface area contributed by atoms with E-state index >= 15 is 0 Å². The Bertz CT molecular complexity index is 441. The maximum absolute atomic E-state index is 11.0. The molecule has 0 aliphatic carbocycles. The van der Waals surface area contributed by atoms with Crippen molar-refractivity contribution in [2.24, 2.45) is 0 Å². The lowest BCUT2D eigenvalue weighted by Crippen LogP contribution is -1.99. The Morgan fingerprint density at radius 2 is 2.19 bits per heavy atom. The van der Waals surface area contributed by atoms with Crippen LogP contribution in [0.2, 0.25) is 0 Å². The monoisotopic (exact) mass is 217 g/mol. The molecule has 0 saturated carbocycles. The van der Waals surface area contributed by atoms with Gasteiger partial charge in [0, 0.05) is 17.2 Å². The Labute approximate surface area is 95.6 Å². The fourth-order valence-electron chi connectivity index (χ4n) is 1.28. The first-order chi connectivity index (χ1) is 7.67. The Kier molecular flexibility index (Phi) is 4.41. The summed E-state index contributed by atoms with van der Waals surface area (Å²) in [6.07, 6.45) is 0.848. The van der Waals surface area contributed by atoms with E-state index in [0.717, 1.165) is 23.2 Å². The third-order valence-electron chi connectivity index (χ3n) is 2.11. The number of anilines is 1. The molecule has 0 aliphatic heterocycles. The summed E-state index contributed by atoms with van der Waals surface area (Å²) in [6, 6.07) is 5.48. The number of nitrogens with two attached hydrogens (primary N) is 1. The zero-order chi connectivity index (χ0) is 12.0. The SMILES string of the molecule is CCOC(=O)C#Cc1ccc(N)c(CC)c1. The largest absolute Gasteiger partial charge is 0.456 e. The molecule has 0 fully saturated rings. The van der Waals surface area contributed by atoms with Gasteiger partial charge >= 0.3 is 5.97 Å². The average Bonchev–Trinajstić information content (AvgIpc) is 2.28. The number of hydrogen-bond donors (Lipinski definition) is 1. The number of rotatable bonds is 2. The van der Waals surface area contributed by atoms with Crippen molar-refractivity contribution in [2.45, 2.75) is 20.3 Å². The van der Waals surface area contributed by atoms with Gasteiger partial charge in [0.2, 0.25) is 0 Å². The minimum atomic E-state index is -0.502. The number of aryl methyl sites for hydroxylation is 1. The van der Waals surface area contributed by atoms with E-state index in [9.17, 15) is 4.79 Å². The molecule has 0 atom stereocenters. The Balaban J connectivity index is 2.85. The van der Waals surface area contributed by atoms with Crippen molar-refractivity contribution in [3.05, 3.63) is 29.3 Å². The Hall–Kier alpha value is -1.95. The van der Waals surface area contributed by atoms with Gasteiger partial charge in [0.05, 0.1) is 6.61 Å². The molecule has 0 amide bonds. The fourth-order valence-corrected chi connectivity index (χ4v) is 1.28. The van der Waals surface area contributed by atoms with Crippen LogP contribution >= 0.6 is 0 Å². The second kappa shape index (κ2) is 5.82. The van der Waals surface area contributed by atoms with Crippen LogP contribution in [0, 0.1) is 11.8 Å². The summed E-state index contributed by atoms with van der Waals surface area (Å²) < 4.78 is 4.71. The zero-order valence-electron chi connectivity index (χ0n) is 9.54. The van der Waals surface area contributed by atoms with Crippen molar-refractivity contribution in [3.63, 3.8) is 0 Å². The van der Waals surface area contributed by atoms with Crippen LogP contribution < -0.4 is 5.73 Å². The highest BCUT2D eigenvalue weighted by atomic mass is 16.5. The van der Waals surface area contributed by atoms with Gasteiger partial charge in [-0.1, -0.05) is 12.8 Å². The van der Waals surface area contributed by atoms with Crippen molar-refractivity contribution < 1.29 is 9.53 Å². The molecule has 0 bridgehead atoms. The number of esters is 1. The number of benzene rings is 1. The number of nitrogen functional groups attached to an aromatic ring is 1. The van der Waals surface area contributed by atoms with Gasteiger partial charge in [-0.05, 0) is 37.1 Å². The second-order valence-electron chi connectivity index (χ2n) is 3.24. The van der Waals surface area contributed by atoms with Gasteiger partial charge in [-0.15, -0.1) is 0 Å². The lowest BCUT2D eigenvalue weighted by molar-refractivity contribution is -0.136. The molecule has 0 radical (unpaired) electrons. The van der Waals surface area contributed by atoms with Crippen molar-refractivity contribution in [2.75, 3.05) is 12.3 Å². The van der Waals surface area contributed by atoms with Crippen molar-refractivity contribution in [1.82, 2.24) is 0 Å². The van der Waals surface area contributed by atoms with E-state index in [1.165, 1.54) is 0 Å². The fraction of sp³-hybridized carbons (Fsp3) is 0.308. The van der Waals surface area contributed by atoms with E-state index in [0.29, 0.717) is 6.61 Å². The molecule has 0 heterocycles. The number of hydrogen-bond acceptors (Lipinski definition) is 3. The van der Waals surface area contributed by atoms with Crippen LogP contribution in [-0.4, -0.2) is 12.6 Å². The predicted octanol–water partition coefficient (Wildman–Crippen LogP) is 1.75. The van der Waals surface area contributed by atoms with E-state index < -0.39 is 5.97 Å². The van der Waals surface area contributed by atoms with Crippen LogP contribution in [0.1, 0.15) is 25.0 Å². The number of carbonyl (C=O) groups excluding carboxylic acids is 1. The quantitative estimate of drug-likeness (QED) is 0.466. The molecule has 2 N–H and O–H groups in total. The highest BCUT2D eigenvalue weighted by Gasteiger charge is 1.98. The third-order valence-corrected chi connectivity index (χ3v) is 2.11. The molecule has 1 aromatic carbocycles. The van der Waals surface area contributed by atoms with E-state index in [1.807, 2.05) is 13.0 Å². The molecule has 0 aromatic heterocycles. The zero-order valence-corrected chi connectivity index (χ0v) is 9.54. The minimum absolute atomic E-state index is 0.343. The molecule has 84 valence electrons. The highest BCUT2D eigenvalue weighted by Crippen LogP contribution is 2.13. The molecule has 16 heavy (non-hydrogen) atoms. The number of ether oxygens (including phenoxy) is 1. The summed E-state index contributed by atoms with van der Waals surface area (Å²) in [5.41, 5.74) is 8.33. The van der Waals surface area contributed by atoms with E-state index in [-0.39, 0.29) is 0 Å². The molecule has 3 heteroatoms. The molecule has 0 spiro atoms. The van der Waals surface area contributed by atoms with Crippen molar-refractivity contribution >= 4 is 11.7 Å². The van der Waals surface area contributed by atoms with Gasteiger partial charge in [0.1, 0.15) is 0 Å². The average molecular weight is 217 g/mol. The smallest absolute Gasteiger partial charge is 0.384 e. The van der Waals surface area contributed by atoms with Gasteiger partial charge in [-0.25, -0.2) is 4.79 Å². The molecule has 1 rings (SSSR count). The van der Waals surface area contributed by atoms with Crippen LogP contribution in [0.3, 0.4) is 0 Å². The Morgan fingerprint density at radius 1 is 1.44 bits per heavy atom. The lowest BCUT2D eigenvalue weighted by Gasteiger charge is -2.02. The van der Waals surface area contributed by atoms with Crippen LogP contribution in [-0.2, 0) is 16.0 Å². The first kappa shape index (κ1) is 12.1. The van der Waals surface area contributed by atoms with E-state index in [2.05, 4.69) is 11.8 Å². The van der Waals surface area contributed by atoms with Crippen LogP contribution in [0.5, 0.6) is 0 Å². The normalized spacial score (nSPS) is 9.12. The summed E-state index contributed by atoms with van der Waals surface area (Å²) in [6.45, 7) is 4.11. The van der Waals surface area contributed by atoms with Crippen LogP contribution in [0.15, 0.2) is 18.2 Å². The summed E-state index contributed by atoms with van der Waals surface area (Å²) in [7, 11) is 0. The first-order valence-corrected chi connectivity index (χ1v) is 5.24. The number of carbonyl (C=O) groups is 1. The van der Waals surface area contributed by atoms with Gasteiger partial charge < -0.3 is 10.5 Å². The maximum Gasteiger partial charge on any atom is 0.384 e. The van der Waals surface area contributed by atoms with E-state index in [1.54, 1.807) is 19.1 Å². The summed E-state index contributed by atoms with van der Waals surface area (Å²) in [5, 5.41) is 0. The summed E-state index contributed by atoms with van der Waals surface area (Å²) >= 11 is 0. The minimum Gasteiger partial charge on any atom is -0.456 e. The van der Waals surface area contributed by atoms with Gasteiger partial charge in [0.25, 0.3) is 0 Å². The van der Waals surface area contributed by atoms with Gasteiger partial charge in [-0.3, -0.25) is 0 Å². The molecule has 0 saturated heterocycles. The van der Waals surface area contributed by atoms with Crippen molar-refractivity contribution in [3.8, 4) is 11.8 Å². The molecule has 0 unspecified atom stereocenters. The van der Waals surface area contributed by atoms with Crippen molar-refractivity contribution in [1.29, 1.82) is 0 Å².